The molecule has 0 bridgehead atoms. The van der Waals surface area contributed by atoms with Crippen LogP contribution in [0.2, 0.25) is 0 Å². The first-order valence-corrected chi connectivity index (χ1v) is 15.3. The summed E-state index contributed by atoms with van der Waals surface area (Å²) in [6.07, 6.45) is -6.92. The van der Waals surface area contributed by atoms with Crippen LogP contribution in [0.15, 0.2) is 48.7 Å². The van der Waals surface area contributed by atoms with Crippen molar-refractivity contribution in [2.24, 2.45) is 5.92 Å². The summed E-state index contributed by atoms with van der Waals surface area (Å²) >= 11 is 0. The maximum atomic E-state index is 14.1. The molecule has 1 aliphatic carbocycles. The van der Waals surface area contributed by atoms with Gasteiger partial charge in [-0.3, -0.25) is 19.4 Å². The number of hydrogen-bond donors (Lipinski definition) is 1. The van der Waals surface area contributed by atoms with Crippen molar-refractivity contribution in [1.82, 2.24) is 14.8 Å². The number of aromatic nitrogens is 1. The average molecular weight is 661 g/mol. The van der Waals surface area contributed by atoms with Gasteiger partial charge in [0.25, 0.3) is 0 Å². The monoisotopic (exact) mass is 660 g/mol. The molecule has 47 heavy (non-hydrogen) atoms. The largest absolute Gasteiger partial charge is 0.489 e. The zero-order valence-electron chi connectivity index (χ0n) is 25.0. The molecule has 248 valence electrons. The molecule has 14 heteroatoms. The number of anilines is 1. The van der Waals surface area contributed by atoms with Gasteiger partial charge in [-0.05, 0) is 42.3 Å². The Labute approximate surface area is 265 Å². The number of ketones is 1. The van der Waals surface area contributed by atoms with Crippen molar-refractivity contribution in [3.63, 3.8) is 0 Å². The number of halogens is 6. The number of amides is 1. The Bertz CT molecular complexity index is 1720. The van der Waals surface area contributed by atoms with Crippen molar-refractivity contribution in [1.29, 1.82) is 0 Å². The standard InChI is InChI=1S/C33H30F6N4O4/c34-32(35,36)17-43-11-9-42(10-12-43)16-19-2-1-18(13-24(19)33(37,38)39)25(44)15-23-29-22-14-20(3-5-26(22)47-30(23)29)46-27-7-8-40-31-21(27)4-6-28(45)41-31/h1-3,5,7-8,13-14,23,29-30H,4,6,9-12,15-17H2,(H,40,41,45)/t23-,29-,30+/m0/s1. The Hall–Kier alpha value is -4.17. The number of nitrogens with zero attached hydrogens (tertiary/aromatic N) is 3. The van der Waals surface area contributed by atoms with Gasteiger partial charge in [0.05, 0.1) is 12.1 Å². The summed E-state index contributed by atoms with van der Waals surface area (Å²) < 4.78 is 92.6. The van der Waals surface area contributed by atoms with E-state index in [4.69, 9.17) is 9.47 Å². The second kappa shape index (κ2) is 11.8. The van der Waals surface area contributed by atoms with Crippen molar-refractivity contribution in [3.8, 4) is 17.2 Å². The van der Waals surface area contributed by atoms with E-state index in [1.54, 1.807) is 29.3 Å². The van der Waals surface area contributed by atoms with E-state index in [0.717, 1.165) is 17.2 Å². The highest BCUT2D eigenvalue weighted by molar-refractivity contribution is 5.97. The van der Waals surface area contributed by atoms with E-state index in [9.17, 15) is 35.9 Å². The Morgan fingerprint density at radius 1 is 0.979 bits per heavy atom. The molecule has 2 aromatic carbocycles. The lowest BCUT2D eigenvalue weighted by molar-refractivity contribution is -0.149. The first-order valence-electron chi connectivity index (χ1n) is 15.3. The van der Waals surface area contributed by atoms with Crippen molar-refractivity contribution >= 4 is 17.5 Å². The summed E-state index contributed by atoms with van der Waals surface area (Å²) in [4.78, 5) is 32.1. The molecule has 4 aliphatic rings. The summed E-state index contributed by atoms with van der Waals surface area (Å²) in [5.74, 6) is 1.42. The molecule has 8 nitrogen and oxygen atoms in total. The third-order valence-electron chi connectivity index (χ3n) is 9.22. The normalized spacial score (nSPS) is 22.5. The number of nitrogens with one attached hydrogen (secondary N) is 1. The summed E-state index contributed by atoms with van der Waals surface area (Å²) in [5.41, 5.74) is 0.669. The zero-order chi connectivity index (χ0) is 33.1. The molecule has 7 rings (SSSR count). The van der Waals surface area contributed by atoms with Crippen LogP contribution in [-0.4, -0.2) is 71.5 Å². The Morgan fingerprint density at radius 3 is 2.49 bits per heavy atom. The molecular weight excluding hydrogens is 630 g/mol. The van der Waals surface area contributed by atoms with Crippen molar-refractivity contribution < 1.29 is 45.4 Å². The minimum atomic E-state index is -4.71. The van der Waals surface area contributed by atoms with Crippen molar-refractivity contribution in [2.45, 2.75) is 50.2 Å². The van der Waals surface area contributed by atoms with Crippen LogP contribution in [0.25, 0.3) is 0 Å². The summed E-state index contributed by atoms with van der Waals surface area (Å²) in [5, 5.41) is 2.74. The van der Waals surface area contributed by atoms with Crippen LogP contribution in [0.5, 0.6) is 17.2 Å². The number of benzene rings is 2. The van der Waals surface area contributed by atoms with E-state index in [1.165, 1.54) is 17.0 Å². The highest BCUT2D eigenvalue weighted by Crippen LogP contribution is 2.60. The topological polar surface area (TPSA) is 84.0 Å². The van der Waals surface area contributed by atoms with Crippen LogP contribution in [0, 0.1) is 5.92 Å². The van der Waals surface area contributed by atoms with Gasteiger partial charge in [0.1, 0.15) is 29.2 Å². The maximum Gasteiger partial charge on any atom is 0.416 e. The molecule has 2 fully saturated rings. The molecule has 3 aliphatic heterocycles. The number of piperazine rings is 1. The molecule has 1 saturated heterocycles. The molecule has 1 amide bonds. The van der Waals surface area contributed by atoms with Gasteiger partial charge < -0.3 is 14.8 Å². The minimum absolute atomic E-state index is 0.00915. The first kappa shape index (κ1) is 31.4. The molecule has 0 unspecified atom stereocenters. The number of carbonyl (C=O) groups excluding carboxylic acids is 2. The quantitative estimate of drug-likeness (QED) is 0.228. The Kier molecular flexibility index (Phi) is 7.90. The van der Waals surface area contributed by atoms with Crippen LogP contribution in [0.1, 0.15) is 51.4 Å². The summed E-state index contributed by atoms with van der Waals surface area (Å²) in [7, 11) is 0. The number of alkyl halides is 6. The third-order valence-corrected chi connectivity index (χ3v) is 9.22. The van der Waals surface area contributed by atoms with Gasteiger partial charge in [-0.15, -0.1) is 0 Å². The molecule has 1 N–H and O–H groups in total. The second-order valence-electron chi connectivity index (χ2n) is 12.4. The van der Waals surface area contributed by atoms with Crippen LogP contribution in [0.4, 0.5) is 32.2 Å². The molecule has 4 heterocycles. The molecule has 0 spiro atoms. The van der Waals surface area contributed by atoms with Crippen LogP contribution < -0.4 is 14.8 Å². The SMILES string of the molecule is O=C1CCc2c(Oc3ccc4c(c3)[C@H]3[C@H](CC(=O)c5ccc(CN6CCN(CC(F)(F)F)CC6)c(C(F)(F)F)c5)[C@H]3O4)ccnc2N1. The van der Waals surface area contributed by atoms with E-state index in [2.05, 4.69) is 10.3 Å². The predicted molar refractivity (Wildman–Crippen MR) is 157 cm³/mol. The van der Waals surface area contributed by atoms with Crippen LogP contribution >= 0.6 is 0 Å². The summed E-state index contributed by atoms with van der Waals surface area (Å²) in [6.45, 7) is -0.515. The van der Waals surface area contributed by atoms with Crippen molar-refractivity contribution in [3.05, 3.63) is 76.5 Å². The zero-order valence-corrected chi connectivity index (χ0v) is 25.0. The number of pyridine rings is 1. The molecule has 3 aromatic rings. The second-order valence-corrected chi connectivity index (χ2v) is 12.4. The minimum Gasteiger partial charge on any atom is -0.489 e. The number of fused-ring (bicyclic) bond motifs is 4. The van der Waals surface area contributed by atoms with Gasteiger partial charge in [0.15, 0.2) is 5.78 Å². The van der Waals surface area contributed by atoms with Crippen molar-refractivity contribution in [2.75, 3.05) is 38.0 Å². The summed E-state index contributed by atoms with van der Waals surface area (Å²) in [6, 6.07) is 10.7. The van der Waals surface area contributed by atoms with Gasteiger partial charge in [-0.1, -0.05) is 12.1 Å². The van der Waals surface area contributed by atoms with Gasteiger partial charge in [-0.25, -0.2) is 4.98 Å². The molecule has 3 atom stereocenters. The van der Waals surface area contributed by atoms with E-state index in [0.29, 0.717) is 35.9 Å². The highest BCUT2D eigenvalue weighted by atomic mass is 19.4. The van der Waals surface area contributed by atoms with Gasteiger partial charge in [0, 0.05) is 80.3 Å². The number of Topliss-reactive ketones (excluding diaryl/α,β-unsaturated/α-hetero) is 1. The average Bonchev–Trinajstić information content (AvgIpc) is 3.52. The molecule has 1 aromatic heterocycles. The van der Waals surface area contributed by atoms with E-state index in [-0.39, 0.29) is 74.1 Å². The number of ether oxygens (including phenoxy) is 2. The lowest BCUT2D eigenvalue weighted by Gasteiger charge is -2.35. The van der Waals surface area contributed by atoms with Gasteiger partial charge >= 0.3 is 12.4 Å². The Morgan fingerprint density at radius 2 is 1.74 bits per heavy atom. The van der Waals surface area contributed by atoms with Crippen LogP contribution in [-0.2, 0) is 23.9 Å². The van der Waals surface area contributed by atoms with E-state index in [1.807, 2.05) is 6.07 Å². The molecule has 0 radical (unpaired) electrons. The smallest absolute Gasteiger partial charge is 0.416 e. The highest BCUT2D eigenvalue weighted by Gasteiger charge is 2.59. The fourth-order valence-corrected chi connectivity index (χ4v) is 6.82. The molecule has 1 saturated carbocycles. The van der Waals surface area contributed by atoms with Crippen LogP contribution in [0.3, 0.4) is 0 Å². The maximum absolute atomic E-state index is 14.1. The molecular formula is C33H30F6N4O4. The number of carbonyl (C=O) groups is 2. The fraction of sp³-hybridized carbons (Fsp3) is 0.424. The number of rotatable bonds is 8. The lowest BCUT2D eigenvalue weighted by Crippen LogP contribution is -2.48. The lowest BCUT2D eigenvalue weighted by atomic mass is 9.97. The third kappa shape index (κ3) is 6.66. The van der Waals surface area contributed by atoms with E-state index < -0.39 is 30.2 Å². The Balaban J connectivity index is 1.00. The first-order chi connectivity index (χ1) is 22.3. The van der Waals surface area contributed by atoms with Gasteiger partial charge in [0.2, 0.25) is 5.91 Å². The predicted octanol–water partition coefficient (Wildman–Crippen LogP) is 6.20. The number of hydrogen-bond acceptors (Lipinski definition) is 7. The van der Waals surface area contributed by atoms with Gasteiger partial charge in [-0.2, -0.15) is 26.3 Å². The fourth-order valence-electron chi connectivity index (χ4n) is 6.82. The van der Waals surface area contributed by atoms with E-state index >= 15 is 0 Å².